The molecule has 0 aromatic heterocycles. The van der Waals surface area contributed by atoms with E-state index in [4.69, 9.17) is 23.2 Å². The zero-order valence-corrected chi connectivity index (χ0v) is 10.6. The Bertz CT molecular complexity index is 349. The first kappa shape index (κ1) is 12.2. The molecule has 16 heavy (non-hydrogen) atoms. The minimum Gasteiger partial charge on any atom is -0.317 e. The van der Waals surface area contributed by atoms with E-state index in [-0.39, 0.29) is 0 Å². The third kappa shape index (κ3) is 3.36. The average Bonchev–Trinajstić information content (AvgIpc) is 2.32. The molecule has 1 aromatic rings. The van der Waals surface area contributed by atoms with E-state index in [9.17, 15) is 0 Å². The van der Waals surface area contributed by atoms with Crippen LogP contribution in [0.25, 0.3) is 0 Å². The standard InChI is InChI=1S/C12H16Cl2N2/c13-11-2-1-9(7-12(11)14)8-16-10-3-5-15-6-4-10/h1-2,7,10,15-16H,3-6,8H2. The second-order valence-corrected chi connectivity index (χ2v) is 4.97. The van der Waals surface area contributed by atoms with Crippen LogP contribution in [0.4, 0.5) is 0 Å². The molecular weight excluding hydrogens is 243 g/mol. The normalized spacial score (nSPS) is 17.6. The lowest BCUT2D eigenvalue weighted by Gasteiger charge is -2.23. The monoisotopic (exact) mass is 258 g/mol. The summed E-state index contributed by atoms with van der Waals surface area (Å²) < 4.78 is 0. The van der Waals surface area contributed by atoms with Gasteiger partial charge in [-0.1, -0.05) is 29.3 Å². The molecule has 0 saturated carbocycles. The quantitative estimate of drug-likeness (QED) is 0.872. The van der Waals surface area contributed by atoms with E-state index in [1.54, 1.807) is 0 Å². The number of halogens is 2. The van der Waals surface area contributed by atoms with E-state index in [1.807, 2.05) is 18.2 Å². The number of benzene rings is 1. The van der Waals surface area contributed by atoms with Crippen LogP contribution in [-0.4, -0.2) is 19.1 Å². The minimum atomic E-state index is 0.618. The van der Waals surface area contributed by atoms with Gasteiger partial charge in [-0.2, -0.15) is 0 Å². The predicted octanol–water partition coefficient (Wildman–Crippen LogP) is 2.84. The van der Waals surface area contributed by atoms with Crippen molar-refractivity contribution in [2.75, 3.05) is 13.1 Å². The highest BCUT2D eigenvalue weighted by molar-refractivity contribution is 6.42. The van der Waals surface area contributed by atoms with E-state index in [2.05, 4.69) is 10.6 Å². The van der Waals surface area contributed by atoms with Gasteiger partial charge in [0.15, 0.2) is 0 Å². The molecule has 1 heterocycles. The Kier molecular flexibility index (Phi) is 4.47. The SMILES string of the molecule is Clc1ccc(CNC2CCNCC2)cc1Cl. The molecule has 1 aromatic carbocycles. The van der Waals surface area contributed by atoms with Crippen molar-refractivity contribution >= 4 is 23.2 Å². The van der Waals surface area contributed by atoms with Crippen LogP contribution in [0.15, 0.2) is 18.2 Å². The van der Waals surface area contributed by atoms with Gasteiger partial charge in [0.05, 0.1) is 10.0 Å². The summed E-state index contributed by atoms with van der Waals surface area (Å²) in [4.78, 5) is 0. The van der Waals surface area contributed by atoms with Gasteiger partial charge < -0.3 is 10.6 Å². The zero-order valence-electron chi connectivity index (χ0n) is 9.10. The van der Waals surface area contributed by atoms with Crippen LogP contribution in [0, 0.1) is 0 Å². The van der Waals surface area contributed by atoms with Gasteiger partial charge in [0.25, 0.3) is 0 Å². The molecule has 0 unspecified atom stereocenters. The summed E-state index contributed by atoms with van der Waals surface area (Å²) in [5, 5.41) is 8.14. The maximum absolute atomic E-state index is 5.97. The lowest BCUT2D eigenvalue weighted by Crippen LogP contribution is -2.39. The molecule has 4 heteroatoms. The number of nitrogens with one attached hydrogen (secondary N) is 2. The second-order valence-electron chi connectivity index (χ2n) is 4.15. The van der Waals surface area contributed by atoms with E-state index in [0.29, 0.717) is 16.1 Å². The number of piperidine rings is 1. The van der Waals surface area contributed by atoms with Crippen LogP contribution in [-0.2, 0) is 6.54 Å². The Morgan fingerprint density at radius 2 is 1.94 bits per heavy atom. The number of hydrogen-bond donors (Lipinski definition) is 2. The van der Waals surface area contributed by atoms with E-state index >= 15 is 0 Å². The van der Waals surface area contributed by atoms with Crippen molar-refractivity contribution in [3.05, 3.63) is 33.8 Å². The van der Waals surface area contributed by atoms with Gasteiger partial charge >= 0.3 is 0 Å². The molecule has 0 spiro atoms. The Morgan fingerprint density at radius 1 is 1.19 bits per heavy atom. The molecule has 2 nitrogen and oxygen atoms in total. The minimum absolute atomic E-state index is 0.618. The third-order valence-electron chi connectivity index (χ3n) is 2.92. The maximum Gasteiger partial charge on any atom is 0.0595 e. The molecule has 0 aliphatic carbocycles. The second kappa shape index (κ2) is 5.87. The summed E-state index contributed by atoms with van der Waals surface area (Å²) in [5.74, 6) is 0. The molecule has 0 amide bonds. The molecule has 0 radical (unpaired) electrons. The van der Waals surface area contributed by atoms with Crippen molar-refractivity contribution in [3.8, 4) is 0 Å². The Morgan fingerprint density at radius 3 is 2.62 bits per heavy atom. The highest BCUT2D eigenvalue weighted by Crippen LogP contribution is 2.22. The maximum atomic E-state index is 5.97. The van der Waals surface area contributed by atoms with Gasteiger partial charge in [0, 0.05) is 12.6 Å². The van der Waals surface area contributed by atoms with Crippen molar-refractivity contribution in [3.63, 3.8) is 0 Å². The van der Waals surface area contributed by atoms with Crippen molar-refractivity contribution < 1.29 is 0 Å². The van der Waals surface area contributed by atoms with Crippen LogP contribution in [0.5, 0.6) is 0 Å². The van der Waals surface area contributed by atoms with Gasteiger partial charge in [-0.25, -0.2) is 0 Å². The fourth-order valence-corrected chi connectivity index (χ4v) is 2.26. The van der Waals surface area contributed by atoms with E-state index < -0.39 is 0 Å². The van der Waals surface area contributed by atoms with Crippen molar-refractivity contribution in [1.82, 2.24) is 10.6 Å². The van der Waals surface area contributed by atoms with Gasteiger partial charge in [0.1, 0.15) is 0 Å². The molecule has 1 saturated heterocycles. The summed E-state index contributed by atoms with van der Waals surface area (Å²) in [6.07, 6.45) is 2.39. The molecule has 2 N–H and O–H groups in total. The highest BCUT2D eigenvalue weighted by Gasteiger charge is 2.11. The molecule has 1 fully saturated rings. The van der Waals surface area contributed by atoms with Crippen LogP contribution in [0.2, 0.25) is 10.0 Å². The molecule has 88 valence electrons. The molecule has 2 rings (SSSR count). The van der Waals surface area contributed by atoms with Crippen LogP contribution >= 0.6 is 23.2 Å². The first-order valence-electron chi connectivity index (χ1n) is 5.64. The highest BCUT2D eigenvalue weighted by atomic mass is 35.5. The topological polar surface area (TPSA) is 24.1 Å². The summed E-state index contributed by atoms with van der Waals surface area (Å²) in [6, 6.07) is 6.42. The van der Waals surface area contributed by atoms with Crippen molar-refractivity contribution in [2.45, 2.75) is 25.4 Å². The largest absolute Gasteiger partial charge is 0.317 e. The summed E-state index contributed by atoms with van der Waals surface area (Å²) >= 11 is 11.8. The fraction of sp³-hybridized carbons (Fsp3) is 0.500. The lowest BCUT2D eigenvalue weighted by atomic mass is 10.1. The van der Waals surface area contributed by atoms with Gasteiger partial charge in [0.2, 0.25) is 0 Å². The average molecular weight is 259 g/mol. The molecule has 1 aliphatic rings. The van der Waals surface area contributed by atoms with E-state index in [1.165, 1.54) is 18.4 Å². The molecule has 0 atom stereocenters. The van der Waals surface area contributed by atoms with Crippen LogP contribution < -0.4 is 10.6 Å². The smallest absolute Gasteiger partial charge is 0.0595 e. The van der Waals surface area contributed by atoms with Gasteiger partial charge in [-0.05, 0) is 43.6 Å². The summed E-state index contributed by atoms with van der Waals surface area (Å²) in [5.41, 5.74) is 1.19. The van der Waals surface area contributed by atoms with Crippen LogP contribution in [0.1, 0.15) is 18.4 Å². The molecule has 1 aliphatic heterocycles. The van der Waals surface area contributed by atoms with Crippen molar-refractivity contribution in [1.29, 1.82) is 0 Å². The predicted molar refractivity (Wildman–Crippen MR) is 69.2 cm³/mol. The summed E-state index contributed by atoms with van der Waals surface area (Å²) in [6.45, 7) is 3.08. The lowest BCUT2D eigenvalue weighted by molar-refractivity contribution is 0.386. The van der Waals surface area contributed by atoms with Gasteiger partial charge in [-0.3, -0.25) is 0 Å². The van der Waals surface area contributed by atoms with E-state index in [0.717, 1.165) is 19.6 Å². The molecular formula is C12H16Cl2N2. The summed E-state index contributed by atoms with van der Waals surface area (Å²) in [7, 11) is 0. The zero-order chi connectivity index (χ0) is 11.4. The Balaban J connectivity index is 1.86. The van der Waals surface area contributed by atoms with Crippen LogP contribution in [0.3, 0.4) is 0 Å². The van der Waals surface area contributed by atoms with Crippen molar-refractivity contribution in [2.24, 2.45) is 0 Å². The Labute approximate surface area is 106 Å². The Hall–Kier alpha value is -0.280. The number of hydrogen-bond acceptors (Lipinski definition) is 2. The molecule has 0 bridgehead atoms. The van der Waals surface area contributed by atoms with Gasteiger partial charge in [-0.15, -0.1) is 0 Å². The fourth-order valence-electron chi connectivity index (χ4n) is 1.94. The first-order valence-corrected chi connectivity index (χ1v) is 6.39. The third-order valence-corrected chi connectivity index (χ3v) is 3.66. The number of rotatable bonds is 3. The first-order chi connectivity index (χ1) is 7.75.